The summed E-state index contributed by atoms with van der Waals surface area (Å²) in [5.74, 6) is -0.359. The molecule has 0 aliphatic rings. The Morgan fingerprint density at radius 2 is 1.79 bits per heavy atom. The zero-order chi connectivity index (χ0) is 17.6. The van der Waals surface area contributed by atoms with Crippen LogP contribution in [0.3, 0.4) is 0 Å². The summed E-state index contributed by atoms with van der Waals surface area (Å²) in [4.78, 5) is 7.79. The molecule has 0 amide bonds. The Kier molecular flexibility index (Phi) is 5.65. The van der Waals surface area contributed by atoms with Gasteiger partial charge < -0.3 is 10.1 Å². The summed E-state index contributed by atoms with van der Waals surface area (Å²) in [5, 5.41) is 11.5. The van der Waals surface area contributed by atoms with Crippen molar-refractivity contribution in [2.45, 2.75) is 12.2 Å². The van der Waals surface area contributed by atoms with Gasteiger partial charge in [0.05, 0.1) is 30.6 Å². The summed E-state index contributed by atoms with van der Waals surface area (Å²) >= 11 is 0. The number of alkyl halides is 3. The third-order valence-corrected chi connectivity index (χ3v) is 2.91. The van der Waals surface area contributed by atoms with Gasteiger partial charge in [-0.1, -0.05) is 12.1 Å². The number of aromatic nitrogens is 2. The molecular weight excluding hydrogens is 328 g/mol. The van der Waals surface area contributed by atoms with Crippen molar-refractivity contribution in [1.82, 2.24) is 9.97 Å². The molecule has 0 aliphatic heterocycles. The SMILES string of the molecule is N#Cc1cnc(NC(COCC(F)(F)F)c2ccc(F)cc2)nc1. The molecule has 1 heterocycles. The highest BCUT2D eigenvalue weighted by Crippen LogP contribution is 2.21. The molecular formula is C15H12F4N4O. The van der Waals surface area contributed by atoms with E-state index in [0.29, 0.717) is 5.56 Å². The summed E-state index contributed by atoms with van der Waals surface area (Å²) in [6, 6.07) is 6.35. The Morgan fingerprint density at radius 3 is 2.33 bits per heavy atom. The Hall–Kier alpha value is -2.73. The topological polar surface area (TPSA) is 70.8 Å². The van der Waals surface area contributed by atoms with Crippen LogP contribution in [-0.2, 0) is 4.74 Å². The van der Waals surface area contributed by atoms with Crippen LogP contribution in [0.2, 0.25) is 0 Å². The molecule has 2 aromatic rings. The molecule has 0 saturated carbocycles. The van der Waals surface area contributed by atoms with Gasteiger partial charge in [-0.15, -0.1) is 0 Å². The fourth-order valence-corrected chi connectivity index (χ4v) is 1.82. The number of hydrogen-bond donors (Lipinski definition) is 1. The predicted octanol–water partition coefficient (Wildman–Crippen LogP) is 3.22. The molecule has 1 aromatic heterocycles. The third-order valence-electron chi connectivity index (χ3n) is 2.91. The molecule has 0 bridgehead atoms. The van der Waals surface area contributed by atoms with Crippen LogP contribution >= 0.6 is 0 Å². The zero-order valence-electron chi connectivity index (χ0n) is 12.2. The summed E-state index contributed by atoms with van der Waals surface area (Å²) in [7, 11) is 0. The van der Waals surface area contributed by atoms with Crippen molar-refractivity contribution in [2.75, 3.05) is 18.5 Å². The summed E-state index contributed by atoms with van der Waals surface area (Å²) in [5.41, 5.74) is 0.749. The average molecular weight is 340 g/mol. The van der Waals surface area contributed by atoms with E-state index < -0.39 is 24.6 Å². The van der Waals surface area contributed by atoms with Crippen LogP contribution in [0.15, 0.2) is 36.7 Å². The molecule has 2 rings (SSSR count). The molecule has 1 N–H and O–H groups in total. The lowest BCUT2D eigenvalue weighted by molar-refractivity contribution is -0.174. The summed E-state index contributed by atoms with van der Waals surface area (Å²) in [6.45, 7) is -1.73. The lowest BCUT2D eigenvalue weighted by Gasteiger charge is -2.19. The van der Waals surface area contributed by atoms with E-state index in [-0.39, 0.29) is 18.1 Å². The average Bonchev–Trinajstić information content (AvgIpc) is 2.54. The standard InChI is InChI=1S/C15H12F4N4O/c16-12-3-1-11(2-4-12)13(8-24-9-15(17,18)19)23-14-21-6-10(5-20)7-22-14/h1-4,6-7,13H,8-9H2,(H,21,22,23). The smallest absolute Gasteiger partial charge is 0.370 e. The predicted molar refractivity (Wildman–Crippen MR) is 76.4 cm³/mol. The quantitative estimate of drug-likeness (QED) is 0.818. The molecule has 0 saturated heterocycles. The maximum atomic E-state index is 13.0. The molecule has 0 fully saturated rings. The van der Waals surface area contributed by atoms with Crippen LogP contribution in [0, 0.1) is 17.1 Å². The van der Waals surface area contributed by atoms with Gasteiger partial charge in [0.25, 0.3) is 0 Å². The van der Waals surface area contributed by atoms with Crippen molar-refractivity contribution in [3.63, 3.8) is 0 Å². The number of halogens is 4. The maximum Gasteiger partial charge on any atom is 0.411 e. The van der Waals surface area contributed by atoms with Crippen molar-refractivity contribution in [3.05, 3.63) is 53.6 Å². The molecule has 126 valence electrons. The van der Waals surface area contributed by atoms with Gasteiger partial charge >= 0.3 is 6.18 Å². The lowest BCUT2D eigenvalue weighted by atomic mass is 10.1. The number of benzene rings is 1. The summed E-state index contributed by atoms with van der Waals surface area (Å²) in [6.07, 6.45) is -1.90. The van der Waals surface area contributed by atoms with Crippen molar-refractivity contribution in [1.29, 1.82) is 5.26 Å². The maximum absolute atomic E-state index is 13.0. The number of nitrogens with zero attached hydrogens (tertiary/aromatic N) is 3. The third kappa shape index (κ3) is 5.48. The Morgan fingerprint density at radius 1 is 1.17 bits per heavy atom. The number of nitriles is 1. The molecule has 5 nitrogen and oxygen atoms in total. The number of rotatable bonds is 6. The van der Waals surface area contributed by atoms with Crippen LogP contribution in [0.25, 0.3) is 0 Å². The number of nitrogens with one attached hydrogen (secondary N) is 1. The lowest BCUT2D eigenvalue weighted by Crippen LogP contribution is -2.23. The van der Waals surface area contributed by atoms with E-state index in [4.69, 9.17) is 5.26 Å². The first-order valence-electron chi connectivity index (χ1n) is 6.76. The van der Waals surface area contributed by atoms with Gasteiger partial charge in [-0.05, 0) is 17.7 Å². The first-order chi connectivity index (χ1) is 11.4. The molecule has 0 aliphatic carbocycles. The molecule has 24 heavy (non-hydrogen) atoms. The highest BCUT2D eigenvalue weighted by Gasteiger charge is 2.28. The minimum atomic E-state index is -4.45. The van der Waals surface area contributed by atoms with E-state index >= 15 is 0 Å². The highest BCUT2D eigenvalue weighted by molar-refractivity contribution is 5.34. The van der Waals surface area contributed by atoms with Gasteiger partial charge in [0.15, 0.2) is 0 Å². The minimum absolute atomic E-state index is 0.110. The zero-order valence-corrected chi connectivity index (χ0v) is 12.2. The van der Waals surface area contributed by atoms with E-state index in [0.717, 1.165) is 0 Å². The Balaban J connectivity index is 2.12. The van der Waals surface area contributed by atoms with E-state index in [1.54, 1.807) is 0 Å². The van der Waals surface area contributed by atoms with Crippen LogP contribution in [-0.4, -0.2) is 29.4 Å². The minimum Gasteiger partial charge on any atom is -0.370 e. The van der Waals surface area contributed by atoms with Crippen molar-refractivity contribution < 1.29 is 22.3 Å². The van der Waals surface area contributed by atoms with E-state index in [2.05, 4.69) is 20.0 Å². The second kappa shape index (κ2) is 7.70. The molecule has 1 aromatic carbocycles. The first-order valence-corrected chi connectivity index (χ1v) is 6.76. The number of hydrogen-bond acceptors (Lipinski definition) is 5. The first kappa shape index (κ1) is 17.6. The Labute approximate surface area is 134 Å². The van der Waals surface area contributed by atoms with E-state index in [1.807, 2.05) is 6.07 Å². The van der Waals surface area contributed by atoms with Gasteiger partial charge in [0.2, 0.25) is 5.95 Å². The Bertz CT molecular complexity index is 695. The normalized spacial score (nSPS) is 12.5. The molecule has 0 spiro atoms. The van der Waals surface area contributed by atoms with Gasteiger partial charge in [-0.3, -0.25) is 0 Å². The summed E-state index contributed by atoms with van der Waals surface area (Å²) < 4.78 is 54.4. The van der Waals surface area contributed by atoms with Crippen molar-refractivity contribution in [2.24, 2.45) is 0 Å². The molecule has 0 radical (unpaired) electrons. The van der Waals surface area contributed by atoms with Gasteiger partial charge in [0.1, 0.15) is 18.5 Å². The highest BCUT2D eigenvalue weighted by atomic mass is 19.4. The largest absolute Gasteiger partial charge is 0.411 e. The van der Waals surface area contributed by atoms with Crippen LogP contribution in [0.4, 0.5) is 23.5 Å². The van der Waals surface area contributed by atoms with Gasteiger partial charge in [-0.25, -0.2) is 14.4 Å². The number of ether oxygens (including phenoxy) is 1. The molecule has 1 unspecified atom stereocenters. The van der Waals surface area contributed by atoms with Crippen LogP contribution in [0.5, 0.6) is 0 Å². The second-order valence-electron chi connectivity index (χ2n) is 4.79. The fraction of sp³-hybridized carbons (Fsp3) is 0.267. The number of anilines is 1. The molecule has 9 heteroatoms. The van der Waals surface area contributed by atoms with Crippen molar-refractivity contribution >= 4 is 5.95 Å². The van der Waals surface area contributed by atoms with Crippen LogP contribution in [0.1, 0.15) is 17.2 Å². The van der Waals surface area contributed by atoms with E-state index in [1.165, 1.54) is 36.7 Å². The van der Waals surface area contributed by atoms with Crippen molar-refractivity contribution in [3.8, 4) is 6.07 Å². The van der Waals surface area contributed by atoms with Gasteiger partial charge in [0, 0.05) is 0 Å². The monoisotopic (exact) mass is 340 g/mol. The molecule has 1 atom stereocenters. The van der Waals surface area contributed by atoms with E-state index in [9.17, 15) is 17.6 Å². The second-order valence-corrected chi connectivity index (χ2v) is 4.79. The fourth-order valence-electron chi connectivity index (χ4n) is 1.82. The van der Waals surface area contributed by atoms with Crippen LogP contribution < -0.4 is 5.32 Å². The van der Waals surface area contributed by atoms with Gasteiger partial charge in [-0.2, -0.15) is 18.4 Å².